The molecule has 100 valence electrons. The van der Waals surface area contributed by atoms with Gasteiger partial charge in [0.05, 0.1) is 0 Å². The summed E-state index contributed by atoms with van der Waals surface area (Å²) in [6.45, 7) is 8.88. The Bertz CT molecular complexity index is 379. The lowest BCUT2D eigenvalue weighted by Crippen LogP contribution is -2.43. The largest absolute Gasteiger partial charge is 0.490 e. The van der Waals surface area contributed by atoms with Gasteiger partial charge in [-0.3, -0.25) is 0 Å². The van der Waals surface area contributed by atoms with Gasteiger partial charge >= 0.3 is 0 Å². The molecule has 0 heterocycles. The third kappa shape index (κ3) is 2.69. The Kier molecular flexibility index (Phi) is 3.96. The second-order valence-corrected chi connectivity index (χ2v) is 6.05. The topological polar surface area (TPSA) is 35.2 Å². The Morgan fingerprint density at radius 1 is 1.06 bits per heavy atom. The summed E-state index contributed by atoms with van der Waals surface area (Å²) in [6.07, 6.45) is 2.30. The van der Waals surface area contributed by atoms with Gasteiger partial charge in [-0.1, -0.05) is 45.9 Å². The Balaban J connectivity index is 2.28. The molecule has 0 radical (unpaired) electrons. The van der Waals surface area contributed by atoms with Gasteiger partial charge in [0.25, 0.3) is 0 Å². The van der Waals surface area contributed by atoms with Crippen LogP contribution in [0.4, 0.5) is 0 Å². The van der Waals surface area contributed by atoms with Crippen molar-refractivity contribution >= 4 is 0 Å². The normalized spacial score (nSPS) is 23.3. The van der Waals surface area contributed by atoms with Crippen molar-refractivity contribution in [3.8, 4) is 5.75 Å². The van der Waals surface area contributed by atoms with E-state index in [1.54, 1.807) is 0 Å². The van der Waals surface area contributed by atoms with E-state index in [0.717, 1.165) is 18.6 Å². The van der Waals surface area contributed by atoms with E-state index in [2.05, 4.69) is 45.9 Å². The van der Waals surface area contributed by atoms with Crippen molar-refractivity contribution < 1.29 is 4.74 Å². The molecular weight excluding hydrogens is 222 g/mol. The van der Waals surface area contributed by atoms with E-state index in [1.165, 1.54) is 11.1 Å². The second kappa shape index (κ2) is 5.31. The van der Waals surface area contributed by atoms with E-state index >= 15 is 0 Å². The molecule has 2 nitrogen and oxygen atoms in total. The molecule has 1 aromatic rings. The molecule has 0 saturated heterocycles. The maximum Gasteiger partial charge on any atom is 0.126 e. The first-order valence-electron chi connectivity index (χ1n) is 7.04. The summed E-state index contributed by atoms with van der Waals surface area (Å²) in [4.78, 5) is 0. The van der Waals surface area contributed by atoms with Gasteiger partial charge < -0.3 is 10.5 Å². The SMILES string of the molecule is CC(C)c1cccc(C(C)C)c1OC1CC(N)C1. The van der Waals surface area contributed by atoms with Gasteiger partial charge in [-0.05, 0) is 35.8 Å². The van der Waals surface area contributed by atoms with Gasteiger partial charge in [0, 0.05) is 6.04 Å². The van der Waals surface area contributed by atoms with E-state index in [4.69, 9.17) is 10.5 Å². The maximum absolute atomic E-state index is 6.23. The molecule has 0 spiro atoms. The van der Waals surface area contributed by atoms with Crippen LogP contribution >= 0.6 is 0 Å². The number of benzene rings is 1. The molecule has 1 saturated carbocycles. The summed E-state index contributed by atoms with van der Waals surface area (Å²) >= 11 is 0. The highest BCUT2D eigenvalue weighted by atomic mass is 16.5. The van der Waals surface area contributed by atoms with Crippen molar-refractivity contribution in [2.24, 2.45) is 5.73 Å². The number of ether oxygens (including phenoxy) is 1. The lowest BCUT2D eigenvalue weighted by atomic mass is 9.89. The van der Waals surface area contributed by atoms with Crippen molar-refractivity contribution in [1.82, 2.24) is 0 Å². The smallest absolute Gasteiger partial charge is 0.126 e. The van der Waals surface area contributed by atoms with Crippen LogP contribution in [-0.4, -0.2) is 12.1 Å². The van der Waals surface area contributed by atoms with Crippen LogP contribution in [0.15, 0.2) is 18.2 Å². The minimum atomic E-state index is 0.317. The summed E-state index contributed by atoms with van der Waals surface area (Å²) in [5.74, 6) is 2.10. The number of para-hydroxylation sites is 1. The lowest BCUT2D eigenvalue weighted by molar-refractivity contribution is 0.0981. The highest BCUT2D eigenvalue weighted by Crippen LogP contribution is 2.37. The zero-order valence-corrected chi connectivity index (χ0v) is 11.9. The van der Waals surface area contributed by atoms with Crippen molar-refractivity contribution in [1.29, 1.82) is 0 Å². The van der Waals surface area contributed by atoms with Gasteiger partial charge in [0.1, 0.15) is 11.9 Å². The van der Waals surface area contributed by atoms with Crippen LogP contribution < -0.4 is 10.5 Å². The van der Waals surface area contributed by atoms with Crippen LogP contribution in [-0.2, 0) is 0 Å². The van der Waals surface area contributed by atoms with E-state index in [0.29, 0.717) is 24.0 Å². The van der Waals surface area contributed by atoms with Crippen LogP contribution in [0, 0.1) is 0 Å². The molecule has 2 N–H and O–H groups in total. The fourth-order valence-electron chi connectivity index (χ4n) is 2.49. The van der Waals surface area contributed by atoms with Crippen LogP contribution in [0.3, 0.4) is 0 Å². The monoisotopic (exact) mass is 247 g/mol. The summed E-state index contributed by atoms with van der Waals surface area (Å²) in [7, 11) is 0. The molecule has 1 fully saturated rings. The maximum atomic E-state index is 6.23. The average molecular weight is 247 g/mol. The molecular formula is C16H25NO. The number of rotatable bonds is 4. The molecule has 0 atom stereocenters. The molecule has 0 bridgehead atoms. The number of hydrogen-bond donors (Lipinski definition) is 1. The number of nitrogens with two attached hydrogens (primary N) is 1. The predicted octanol–water partition coefficient (Wildman–Crippen LogP) is 3.80. The number of hydrogen-bond acceptors (Lipinski definition) is 2. The quantitative estimate of drug-likeness (QED) is 0.878. The first-order valence-corrected chi connectivity index (χ1v) is 7.04. The van der Waals surface area contributed by atoms with E-state index in [-0.39, 0.29) is 0 Å². The van der Waals surface area contributed by atoms with Gasteiger partial charge in [-0.25, -0.2) is 0 Å². The van der Waals surface area contributed by atoms with Crippen LogP contribution in [0.5, 0.6) is 5.75 Å². The van der Waals surface area contributed by atoms with Gasteiger partial charge in [0.15, 0.2) is 0 Å². The van der Waals surface area contributed by atoms with Crippen molar-refractivity contribution in [3.05, 3.63) is 29.3 Å². The van der Waals surface area contributed by atoms with Crippen molar-refractivity contribution in [2.45, 2.75) is 64.5 Å². The molecule has 1 aliphatic rings. The third-order valence-electron chi connectivity index (χ3n) is 3.74. The van der Waals surface area contributed by atoms with Crippen LogP contribution in [0.2, 0.25) is 0 Å². The highest BCUT2D eigenvalue weighted by Gasteiger charge is 2.29. The summed E-state index contributed by atoms with van der Waals surface area (Å²) in [5.41, 5.74) is 8.48. The fraction of sp³-hybridized carbons (Fsp3) is 0.625. The molecule has 0 amide bonds. The molecule has 2 rings (SSSR count). The molecule has 18 heavy (non-hydrogen) atoms. The Morgan fingerprint density at radius 3 is 1.94 bits per heavy atom. The van der Waals surface area contributed by atoms with Crippen molar-refractivity contribution in [3.63, 3.8) is 0 Å². The molecule has 2 heteroatoms. The van der Waals surface area contributed by atoms with E-state index < -0.39 is 0 Å². The Hall–Kier alpha value is -1.02. The van der Waals surface area contributed by atoms with Crippen LogP contribution in [0.25, 0.3) is 0 Å². The van der Waals surface area contributed by atoms with E-state index in [9.17, 15) is 0 Å². The average Bonchev–Trinajstić information content (AvgIpc) is 2.26. The Morgan fingerprint density at radius 2 is 1.56 bits per heavy atom. The third-order valence-corrected chi connectivity index (χ3v) is 3.74. The first kappa shape index (κ1) is 13.4. The molecule has 1 aromatic carbocycles. The van der Waals surface area contributed by atoms with Crippen molar-refractivity contribution in [2.75, 3.05) is 0 Å². The predicted molar refractivity (Wildman–Crippen MR) is 76.2 cm³/mol. The molecule has 0 unspecified atom stereocenters. The lowest BCUT2D eigenvalue weighted by Gasteiger charge is -2.34. The molecule has 1 aliphatic carbocycles. The summed E-state index contributed by atoms with van der Waals surface area (Å²) in [5, 5.41) is 0. The minimum absolute atomic E-state index is 0.317. The first-order chi connectivity index (χ1) is 8.49. The summed E-state index contributed by atoms with van der Waals surface area (Å²) < 4.78 is 6.23. The minimum Gasteiger partial charge on any atom is -0.490 e. The zero-order valence-electron chi connectivity index (χ0n) is 11.9. The molecule has 0 aliphatic heterocycles. The van der Waals surface area contributed by atoms with Gasteiger partial charge in [-0.2, -0.15) is 0 Å². The van der Waals surface area contributed by atoms with Crippen LogP contribution in [0.1, 0.15) is 63.5 Å². The van der Waals surface area contributed by atoms with Gasteiger partial charge in [-0.15, -0.1) is 0 Å². The standard InChI is InChI=1S/C16H25NO/c1-10(2)14-6-5-7-15(11(3)4)16(14)18-13-8-12(17)9-13/h5-7,10-13H,8-9,17H2,1-4H3. The summed E-state index contributed by atoms with van der Waals surface area (Å²) in [6, 6.07) is 6.85. The fourth-order valence-corrected chi connectivity index (χ4v) is 2.49. The van der Waals surface area contributed by atoms with Gasteiger partial charge in [0.2, 0.25) is 0 Å². The second-order valence-electron chi connectivity index (χ2n) is 6.05. The Labute approximate surface area is 111 Å². The molecule has 0 aromatic heterocycles. The van der Waals surface area contributed by atoms with E-state index in [1.807, 2.05) is 0 Å². The highest BCUT2D eigenvalue weighted by molar-refractivity contribution is 5.45. The zero-order chi connectivity index (χ0) is 13.3.